The van der Waals surface area contributed by atoms with Crippen molar-refractivity contribution in [2.24, 2.45) is 0 Å². The van der Waals surface area contributed by atoms with Crippen LogP contribution in [0.2, 0.25) is 10.0 Å². The molecule has 27 heavy (non-hydrogen) atoms. The van der Waals surface area contributed by atoms with E-state index < -0.39 is 24.0 Å². The molecule has 1 aromatic rings. The molecule has 0 aliphatic carbocycles. The fourth-order valence-corrected chi connectivity index (χ4v) is 2.85. The van der Waals surface area contributed by atoms with Crippen LogP contribution in [0, 0.1) is 0 Å². The van der Waals surface area contributed by atoms with Gasteiger partial charge in [0.1, 0.15) is 6.61 Å². The normalized spacial score (nSPS) is 16.7. The lowest BCUT2D eigenvalue weighted by molar-refractivity contribution is -0.140. The van der Waals surface area contributed by atoms with Crippen LogP contribution in [0.5, 0.6) is 0 Å². The SMILES string of the molecule is CCOC(=O)C1=C(COC(=O)/C=C/c2ccc(Cl)cc2Cl)NC(=O)N[C@@H]1C. The van der Waals surface area contributed by atoms with Crippen molar-refractivity contribution < 1.29 is 23.9 Å². The molecule has 0 saturated heterocycles. The van der Waals surface area contributed by atoms with Crippen LogP contribution in [-0.4, -0.2) is 37.2 Å². The Bertz CT molecular complexity index is 820. The lowest BCUT2D eigenvalue weighted by atomic mass is 10.0. The molecular weight excluding hydrogens is 395 g/mol. The second kappa shape index (κ2) is 9.43. The molecule has 1 aliphatic rings. The molecule has 1 aliphatic heterocycles. The molecule has 144 valence electrons. The monoisotopic (exact) mass is 412 g/mol. The van der Waals surface area contributed by atoms with E-state index in [0.717, 1.165) is 0 Å². The average Bonchev–Trinajstić information content (AvgIpc) is 2.58. The Labute approximate surface area is 166 Å². The third kappa shape index (κ3) is 5.74. The number of carbonyl (C=O) groups is 3. The van der Waals surface area contributed by atoms with E-state index in [1.165, 1.54) is 12.2 Å². The van der Waals surface area contributed by atoms with Gasteiger partial charge in [-0.15, -0.1) is 0 Å². The summed E-state index contributed by atoms with van der Waals surface area (Å²) in [6, 6.07) is 3.78. The van der Waals surface area contributed by atoms with Gasteiger partial charge in [-0.1, -0.05) is 29.3 Å². The molecule has 1 aromatic carbocycles. The molecule has 7 nitrogen and oxygen atoms in total. The summed E-state index contributed by atoms with van der Waals surface area (Å²) in [7, 11) is 0. The van der Waals surface area contributed by atoms with E-state index in [-0.39, 0.29) is 24.5 Å². The second-order valence-corrected chi connectivity index (χ2v) is 6.38. The first-order valence-electron chi connectivity index (χ1n) is 8.09. The van der Waals surface area contributed by atoms with Crippen molar-refractivity contribution >= 4 is 47.2 Å². The Morgan fingerprint density at radius 3 is 2.67 bits per heavy atom. The maximum atomic E-state index is 12.1. The van der Waals surface area contributed by atoms with Crippen LogP contribution in [0.1, 0.15) is 19.4 Å². The van der Waals surface area contributed by atoms with Gasteiger partial charge in [0.25, 0.3) is 0 Å². The van der Waals surface area contributed by atoms with Crippen LogP contribution in [0.4, 0.5) is 4.79 Å². The van der Waals surface area contributed by atoms with Crippen LogP contribution in [0.3, 0.4) is 0 Å². The van der Waals surface area contributed by atoms with Gasteiger partial charge in [0.05, 0.1) is 23.9 Å². The van der Waals surface area contributed by atoms with E-state index in [1.54, 1.807) is 32.0 Å². The molecule has 0 radical (unpaired) electrons. The molecule has 1 heterocycles. The topological polar surface area (TPSA) is 93.7 Å². The quantitative estimate of drug-likeness (QED) is 0.552. The molecule has 2 amide bonds. The smallest absolute Gasteiger partial charge is 0.338 e. The van der Waals surface area contributed by atoms with E-state index in [4.69, 9.17) is 32.7 Å². The lowest BCUT2D eigenvalue weighted by Gasteiger charge is -2.26. The third-order valence-electron chi connectivity index (χ3n) is 3.59. The van der Waals surface area contributed by atoms with Gasteiger partial charge in [-0.2, -0.15) is 0 Å². The Balaban J connectivity index is 2.08. The first kappa shape index (κ1) is 20.8. The number of amides is 2. The van der Waals surface area contributed by atoms with Crippen molar-refractivity contribution in [1.82, 2.24) is 10.6 Å². The average molecular weight is 413 g/mol. The number of hydrogen-bond donors (Lipinski definition) is 2. The fraction of sp³-hybridized carbons (Fsp3) is 0.278. The van der Waals surface area contributed by atoms with Crippen LogP contribution in [-0.2, 0) is 19.1 Å². The van der Waals surface area contributed by atoms with E-state index in [9.17, 15) is 14.4 Å². The van der Waals surface area contributed by atoms with Crippen molar-refractivity contribution in [2.45, 2.75) is 19.9 Å². The van der Waals surface area contributed by atoms with Crippen LogP contribution >= 0.6 is 23.2 Å². The first-order chi connectivity index (χ1) is 12.8. The molecule has 2 rings (SSSR count). The zero-order valence-electron chi connectivity index (χ0n) is 14.7. The highest BCUT2D eigenvalue weighted by atomic mass is 35.5. The van der Waals surface area contributed by atoms with Crippen molar-refractivity contribution in [3.05, 3.63) is 51.2 Å². The van der Waals surface area contributed by atoms with E-state index in [2.05, 4.69) is 10.6 Å². The van der Waals surface area contributed by atoms with Crippen LogP contribution in [0.15, 0.2) is 35.5 Å². The van der Waals surface area contributed by atoms with Gasteiger partial charge >= 0.3 is 18.0 Å². The van der Waals surface area contributed by atoms with E-state index >= 15 is 0 Å². The second-order valence-electron chi connectivity index (χ2n) is 5.54. The summed E-state index contributed by atoms with van der Waals surface area (Å²) in [6.07, 6.45) is 2.66. The molecule has 0 bridgehead atoms. The molecule has 0 aromatic heterocycles. The van der Waals surface area contributed by atoms with Crippen molar-refractivity contribution in [3.63, 3.8) is 0 Å². The molecular formula is C18H18Cl2N2O5. The number of esters is 2. The van der Waals surface area contributed by atoms with Gasteiger partial charge in [-0.05, 0) is 37.6 Å². The Morgan fingerprint density at radius 1 is 1.26 bits per heavy atom. The Morgan fingerprint density at radius 2 is 2.00 bits per heavy atom. The summed E-state index contributed by atoms with van der Waals surface area (Å²) < 4.78 is 10.1. The molecule has 1 atom stereocenters. The van der Waals surface area contributed by atoms with Crippen molar-refractivity contribution in [3.8, 4) is 0 Å². The van der Waals surface area contributed by atoms with Gasteiger partial charge in [0.15, 0.2) is 0 Å². The lowest BCUT2D eigenvalue weighted by Crippen LogP contribution is -2.50. The molecule has 2 N–H and O–H groups in total. The predicted molar refractivity (Wildman–Crippen MR) is 101 cm³/mol. The van der Waals surface area contributed by atoms with Crippen LogP contribution in [0.25, 0.3) is 6.08 Å². The van der Waals surface area contributed by atoms with E-state index in [0.29, 0.717) is 15.6 Å². The first-order valence-corrected chi connectivity index (χ1v) is 8.85. The fourth-order valence-electron chi connectivity index (χ4n) is 2.38. The van der Waals surface area contributed by atoms with Gasteiger partial charge in [0.2, 0.25) is 0 Å². The summed E-state index contributed by atoms with van der Waals surface area (Å²) in [5.74, 6) is -1.26. The highest BCUT2D eigenvalue weighted by Gasteiger charge is 2.30. The number of nitrogens with one attached hydrogen (secondary N) is 2. The largest absolute Gasteiger partial charge is 0.463 e. The molecule has 0 spiro atoms. The number of hydrogen-bond acceptors (Lipinski definition) is 5. The van der Waals surface area contributed by atoms with Crippen molar-refractivity contribution in [2.75, 3.05) is 13.2 Å². The molecule has 0 saturated carbocycles. The summed E-state index contributed by atoms with van der Waals surface area (Å²) in [6.45, 7) is 3.20. The standard InChI is InChI=1S/C18H18Cl2N2O5/c1-3-26-17(24)16-10(2)21-18(25)22-14(16)9-27-15(23)7-5-11-4-6-12(19)8-13(11)20/h4-8,10H,3,9H2,1-2H3,(H2,21,22,25)/b7-5+/t10-/m1/s1. The van der Waals surface area contributed by atoms with Gasteiger partial charge < -0.3 is 20.1 Å². The van der Waals surface area contributed by atoms with Gasteiger partial charge in [-0.25, -0.2) is 14.4 Å². The summed E-state index contributed by atoms with van der Waals surface area (Å²) in [5.41, 5.74) is 0.971. The van der Waals surface area contributed by atoms with E-state index in [1.807, 2.05) is 0 Å². The Kier molecular flexibility index (Phi) is 7.27. The zero-order chi connectivity index (χ0) is 20.0. The zero-order valence-corrected chi connectivity index (χ0v) is 16.2. The maximum Gasteiger partial charge on any atom is 0.338 e. The number of rotatable bonds is 6. The minimum atomic E-state index is -0.669. The maximum absolute atomic E-state index is 12.1. The number of ether oxygens (including phenoxy) is 2. The summed E-state index contributed by atoms with van der Waals surface area (Å²) >= 11 is 11.8. The summed E-state index contributed by atoms with van der Waals surface area (Å²) in [4.78, 5) is 35.7. The van der Waals surface area contributed by atoms with Crippen LogP contribution < -0.4 is 10.6 Å². The van der Waals surface area contributed by atoms with Gasteiger partial charge in [0, 0.05) is 16.1 Å². The minimum absolute atomic E-state index is 0.177. The van der Waals surface area contributed by atoms with Gasteiger partial charge in [-0.3, -0.25) is 0 Å². The molecule has 0 fully saturated rings. The number of halogens is 2. The Hall–Kier alpha value is -2.51. The number of carbonyl (C=O) groups excluding carboxylic acids is 3. The number of benzene rings is 1. The third-order valence-corrected chi connectivity index (χ3v) is 4.15. The number of urea groups is 1. The van der Waals surface area contributed by atoms with Crippen molar-refractivity contribution in [1.29, 1.82) is 0 Å². The molecule has 0 unspecified atom stereocenters. The minimum Gasteiger partial charge on any atom is -0.463 e. The predicted octanol–water partition coefficient (Wildman–Crippen LogP) is 3.07. The summed E-state index contributed by atoms with van der Waals surface area (Å²) in [5, 5.41) is 5.90. The highest BCUT2D eigenvalue weighted by Crippen LogP contribution is 2.22. The molecule has 9 heteroatoms. The highest BCUT2D eigenvalue weighted by molar-refractivity contribution is 6.35.